The Balaban J connectivity index is 1.88. The zero-order valence-electron chi connectivity index (χ0n) is 21.5. The van der Waals surface area contributed by atoms with Crippen LogP contribution in [0.5, 0.6) is 0 Å². The number of carbonyl (C=O) groups is 2. The number of alkyl halides is 3. The van der Waals surface area contributed by atoms with Crippen LogP contribution in [0.4, 0.5) is 19.0 Å². The molecule has 0 fully saturated rings. The summed E-state index contributed by atoms with van der Waals surface area (Å²) in [6, 6.07) is 13.5. The molecule has 0 unspecified atom stereocenters. The molecule has 0 spiro atoms. The maximum Gasteiger partial charge on any atom is 0.416 e. The number of nitrogens with zero attached hydrogens (tertiary/aromatic N) is 3. The van der Waals surface area contributed by atoms with Crippen LogP contribution in [-0.2, 0) is 21.1 Å². The highest BCUT2D eigenvalue weighted by atomic mass is 19.4. The van der Waals surface area contributed by atoms with Gasteiger partial charge in [-0.05, 0) is 36.8 Å². The second-order valence-corrected chi connectivity index (χ2v) is 9.71. The molecule has 1 heterocycles. The molecular weight excluding hydrogens is 485 g/mol. The van der Waals surface area contributed by atoms with Crippen LogP contribution in [0.1, 0.15) is 48.0 Å². The number of rotatable bonds is 8. The fourth-order valence-electron chi connectivity index (χ4n) is 3.64. The van der Waals surface area contributed by atoms with E-state index in [1.54, 1.807) is 10.7 Å². The van der Waals surface area contributed by atoms with Crippen LogP contribution < -0.4 is 5.32 Å². The molecule has 37 heavy (non-hydrogen) atoms. The Morgan fingerprint density at radius 3 is 2.38 bits per heavy atom. The molecule has 3 aromatic rings. The largest absolute Gasteiger partial charge is 0.416 e. The van der Waals surface area contributed by atoms with Crippen LogP contribution in [0.2, 0.25) is 0 Å². The van der Waals surface area contributed by atoms with Crippen molar-refractivity contribution >= 4 is 17.6 Å². The average Bonchev–Trinajstić information content (AvgIpc) is 3.25. The first-order valence-corrected chi connectivity index (χ1v) is 11.7. The monoisotopic (exact) mass is 516 g/mol. The first kappa shape index (κ1) is 27.9. The van der Waals surface area contributed by atoms with Crippen LogP contribution >= 0.6 is 0 Å². The van der Waals surface area contributed by atoms with Crippen LogP contribution in [0.15, 0.2) is 54.6 Å². The minimum Gasteiger partial charge on any atom is -0.383 e. The Kier molecular flexibility index (Phi) is 8.42. The summed E-state index contributed by atoms with van der Waals surface area (Å²) in [7, 11) is 1.43. The third-order valence-corrected chi connectivity index (χ3v) is 5.71. The lowest BCUT2D eigenvalue weighted by atomic mass is 9.92. The molecule has 10 heteroatoms. The van der Waals surface area contributed by atoms with Gasteiger partial charge in [-0.2, -0.15) is 18.3 Å². The van der Waals surface area contributed by atoms with Crippen LogP contribution in [-0.4, -0.2) is 53.3 Å². The molecule has 3 rings (SSSR count). The van der Waals surface area contributed by atoms with Crippen molar-refractivity contribution in [2.75, 3.05) is 32.1 Å². The molecule has 1 aromatic heterocycles. The number of benzene rings is 2. The van der Waals surface area contributed by atoms with Crippen LogP contribution in [0.3, 0.4) is 0 Å². The molecule has 7 nitrogen and oxygen atoms in total. The second kappa shape index (κ2) is 11.2. The average molecular weight is 517 g/mol. The molecule has 0 saturated heterocycles. The molecule has 0 aliphatic carbocycles. The van der Waals surface area contributed by atoms with Gasteiger partial charge in [0.1, 0.15) is 12.4 Å². The number of aryl methyl sites for hydroxylation is 1. The lowest BCUT2D eigenvalue weighted by Gasteiger charge is -2.22. The van der Waals surface area contributed by atoms with Gasteiger partial charge in [0.15, 0.2) is 0 Å². The fourth-order valence-corrected chi connectivity index (χ4v) is 3.64. The van der Waals surface area contributed by atoms with E-state index in [2.05, 4.69) is 5.32 Å². The number of para-hydroxylation sites is 1. The molecule has 0 aliphatic heterocycles. The number of ether oxygens (including phenoxy) is 1. The minimum absolute atomic E-state index is 0.0172. The van der Waals surface area contributed by atoms with Crippen LogP contribution in [0.25, 0.3) is 5.69 Å². The standard InChI is InChI=1S/C27H31F3N4O3/c1-18-9-6-7-12-21(18)34-23(16-22(32-34)26(2,3)4)31-24(35)17-33(13-14-37-5)25(36)19-10-8-11-20(15-19)27(28,29)30/h6-12,15-16H,13-14,17H2,1-5H3,(H,31,35). The first-order chi connectivity index (χ1) is 17.3. The van der Waals surface area contributed by atoms with Gasteiger partial charge in [0.2, 0.25) is 5.91 Å². The van der Waals surface area contributed by atoms with Crippen molar-refractivity contribution in [3.05, 3.63) is 77.0 Å². The Labute approximate surface area is 214 Å². The maximum absolute atomic E-state index is 13.2. The van der Waals surface area contributed by atoms with E-state index in [1.165, 1.54) is 19.2 Å². The number of hydrogen-bond donors (Lipinski definition) is 1. The van der Waals surface area contributed by atoms with Crippen molar-refractivity contribution in [2.24, 2.45) is 0 Å². The van der Waals surface area contributed by atoms with Crippen molar-refractivity contribution < 1.29 is 27.5 Å². The summed E-state index contributed by atoms with van der Waals surface area (Å²) in [6.07, 6.45) is -4.59. The Hall–Kier alpha value is -3.66. The summed E-state index contributed by atoms with van der Waals surface area (Å²) in [6.45, 7) is 7.68. The summed E-state index contributed by atoms with van der Waals surface area (Å²) >= 11 is 0. The molecule has 0 radical (unpaired) electrons. The minimum atomic E-state index is -4.59. The van der Waals surface area contributed by atoms with Gasteiger partial charge in [0.25, 0.3) is 5.91 Å². The number of methoxy groups -OCH3 is 1. The van der Waals surface area contributed by atoms with Gasteiger partial charge in [-0.3, -0.25) is 9.59 Å². The smallest absolute Gasteiger partial charge is 0.383 e. The highest BCUT2D eigenvalue weighted by Gasteiger charge is 2.31. The number of halogens is 3. The van der Waals surface area contributed by atoms with Gasteiger partial charge >= 0.3 is 6.18 Å². The topological polar surface area (TPSA) is 76.5 Å². The normalized spacial score (nSPS) is 11.9. The van der Waals surface area contributed by atoms with E-state index in [1.807, 2.05) is 52.0 Å². The van der Waals surface area contributed by atoms with E-state index >= 15 is 0 Å². The van der Waals surface area contributed by atoms with E-state index in [4.69, 9.17) is 9.84 Å². The second-order valence-electron chi connectivity index (χ2n) is 9.71. The summed E-state index contributed by atoms with van der Waals surface area (Å²) in [4.78, 5) is 27.4. The third-order valence-electron chi connectivity index (χ3n) is 5.71. The summed E-state index contributed by atoms with van der Waals surface area (Å²) < 4.78 is 46.2. The highest BCUT2D eigenvalue weighted by molar-refractivity contribution is 5.99. The van der Waals surface area contributed by atoms with Gasteiger partial charge in [-0.15, -0.1) is 0 Å². The van der Waals surface area contributed by atoms with E-state index in [-0.39, 0.29) is 30.7 Å². The van der Waals surface area contributed by atoms with Crippen molar-refractivity contribution in [3.63, 3.8) is 0 Å². The molecule has 0 atom stereocenters. The molecule has 1 N–H and O–H groups in total. The number of carbonyl (C=O) groups excluding carboxylic acids is 2. The molecule has 0 bridgehead atoms. The van der Waals surface area contributed by atoms with Gasteiger partial charge in [0, 0.05) is 30.7 Å². The SMILES string of the molecule is COCCN(CC(=O)Nc1cc(C(C)(C)C)nn1-c1ccccc1C)C(=O)c1cccc(C(F)(F)F)c1. The third kappa shape index (κ3) is 6.97. The molecule has 198 valence electrons. The Morgan fingerprint density at radius 1 is 1.05 bits per heavy atom. The quantitative estimate of drug-likeness (QED) is 0.445. The first-order valence-electron chi connectivity index (χ1n) is 11.7. The number of aromatic nitrogens is 2. The Morgan fingerprint density at radius 2 is 1.76 bits per heavy atom. The van der Waals surface area contributed by atoms with Gasteiger partial charge < -0.3 is 15.0 Å². The summed E-state index contributed by atoms with van der Waals surface area (Å²) in [5.74, 6) is -0.810. The zero-order valence-corrected chi connectivity index (χ0v) is 21.5. The molecular formula is C27H31F3N4O3. The van der Waals surface area contributed by atoms with Crippen molar-refractivity contribution in [3.8, 4) is 5.69 Å². The molecule has 0 aliphatic rings. The highest BCUT2D eigenvalue weighted by Crippen LogP contribution is 2.30. The van der Waals surface area contributed by atoms with Crippen LogP contribution in [0, 0.1) is 6.92 Å². The Bertz CT molecular complexity index is 1260. The lowest BCUT2D eigenvalue weighted by Crippen LogP contribution is -2.40. The predicted octanol–water partition coefficient (Wildman–Crippen LogP) is 5.22. The molecule has 2 amide bonds. The van der Waals surface area contributed by atoms with Crippen molar-refractivity contribution in [2.45, 2.75) is 39.3 Å². The zero-order chi connectivity index (χ0) is 27.4. The van der Waals surface area contributed by atoms with Gasteiger partial charge in [-0.1, -0.05) is 45.0 Å². The van der Waals surface area contributed by atoms with Gasteiger partial charge in [-0.25, -0.2) is 4.68 Å². The molecule has 0 saturated carbocycles. The van der Waals surface area contributed by atoms with E-state index in [9.17, 15) is 22.8 Å². The van der Waals surface area contributed by atoms with Crippen molar-refractivity contribution in [1.29, 1.82) is 0 Å². The van der Waals surface area contributed by atoms with E-state index < -0.39 is 23.6 Å². The number of nitrogens with one attached hydrogen (secondary N) is 1. The maximum atomic E-state index is 13.2. The van der Waals surface area contributed by atoms with Gasteiger partial charge in [0.05, 0.1) is 23.6 Å². The van der Waals surface area contributed by atoms with E-state index in [0.29, 0.717) is 5.82 Å². The fraction of sp³-hybridized carbons (Fsp3) is 0.370. The number of anilines is 1. The number of hydrogen-bond acceptors (Lipinski definition) is 4. The predicted molar refractivity (Wildman–Crippen MR) is 135 cm³/mol. The number of amides is 2. The lowest BCUT2D eigenvalue weighted by molar-refractivity contribution is -0.137. The van der Waals surface area contributed by atoms with E-state index in [0.717, 1.165) is 34.0 Å². The summed E-state index contributed by atoms with van der Waals surface area (Å²) in [5, 5.41) is 7.53. The summed E-state index contributed by atoms with van der Waals surface area (Å²) in [5.41, 5.74) is 1.08. The molecule has 2 aromatic carbocycles. The van der Waals surface area contributed by atoms with Crippen molar-refractivity contribution in [1.82, 2.24) is 14.7 Å².